The van der Waals surface area contributed by atoms with Crippen molar-refractivity contribution in [1.82, 2.24) is 4.98 Å². The van der Waals surface area contributed by atoms with Crippen LogP contribution in [0.5, 0.6) is 0 Å². The number of carboxylic acid groups (broad SMARTS) is 1. The van der Waals surface area contributed by atoms with Gasteiger partial charge in [0.05, 0.1) is 0 Å². The molecule has 80 valence electrons. The van der Waals surface area contributed by atoms with E-state index in [0.29, 0.717) is 19.5 Å². The Morgan fingerprint density at radius 2 is 2.20 bits per heavy atom. The predicted molar refractivity (Wildman–Crippen MR) is 55.6 cm³/mol. The Balaban J connectivity index is 2.14. The topological polar surface area (TPSA) is 79.5 Å². The van der Waals surface area contributed by atoms with Crippen molar-refractivity contribution < 1.29 is 9.90 Å². The van der Waals surface area contributed by atoms with Gasteiger partial charge in [-0.3, -0.25) is 9.78 Å². The molecule has 15 heavy (non-hydrogen) atoms. The number of pyridine rings is 1. The van der Waals surface area contributed by atoms with Gasteiger partial charge >= 0.3 is 5.97 Å². The van der Waals surface area contributed by atoms with E-state index in [2.05, 4.69) is 4.98 Å². The highest BCUT2D eigenvalue weighted by atomic mass is 16.4. The van der Waals surface area contributed by atoms with E-state index in [1.165, 1.54) is 0 Å². The third-order valence-corrected chi connectivity index (χ3v) is 2.75. The molecule has 2 rings (SSSR count). The van der Waals surface area contributed by atoms with Crippen LogP contribution in [0.4, 0.5) is 5.69 Å². The predicted octanol–water partition coefficient (Wildman–Crippen LogP) is 0.0738. The zero-order chi connectivity index (χ0) is 10.9. The number of rotatable bonds is 2. The molecule has 5 nitrogen and oxygen atoms in total. The molecule has 1 aliphatic rings. The standard InChI is InChI=1S/C10H13N3O2/c11-10(9(14)15)3-6-13(7-10)8-1-4-12-5-2-8/h1-2,4-5H,3,6-7,11H2,(H,14,15). The largest absolute Gasteiger partial charge is 0.480 e. The van der Waals surface area contributed by atoms with Crippen LogP contribution < -0.4 is 10.6 Å². The van der Waals surface area contributed by atoms with Gasteiger partial charge in [-0.15, -0.1) is 0 Å². The first-order valence-corrected chi connectivity index (χ1v) is 4.79. The molecule has 0 bridgehead atoms. The number of hydrogen-bond acceptors (Lipinski definition) is 4. The number of aromatic nitrogens is 1. The van der Waals surface area contributed by atoms with Crippen molar-refractivity contribution >= 4 is 11.7 Å². The molecule has 1 atom stereocenters. The van der Waals surface area contributed by atoms with E-state index in [9.17, 15) is 4.79 Å². The Morgan fingerprint density at radius 1 is 1.53 bits per heavy atom. The Labute approximate surface area is 87.5 Å². The summed E-state index contributed by atoms with van der Waals surface area (Å²) in [6.45, 7) is 1.03. The summed E-state index contributed by atoms with van der Waals surface area (Å²) in [6, 6.07) is 3.71. The normalized spacial score (nSPS) is 25.5. The maximum atomic E-state index is 10.9. The molecule has 1 saturated heterocycles. The van der Waals surface area contributed by atoms with Gasteiger partial charge in [0, 0.05) is 31.2 Å². The molecule has 1 aliphatic heterocycles. The lowest BCUT2D eigenvalue weighted by Gasteiger charge is -2.21. The highest BCUT2D eigenvalue weighted by Crippen LogP contribution is 2.24. The molecule has 0 amide bonds. The molecule has 0 aliphatic carbocycles. The molecule has 1 aromatic rings. The maximum Gasteiger partial charge on any atom is 0.325 e. The van der Waals surface area contributed by atoms with Crippen LogP contribution in [0.1, 0.15) is 6.42 Å². The lowest BCUT2D eigenvalue weighted by atomic mass is 10.0. The summed E-state index contributed by atoms with van der Waals surface area (Å²) in [5.74, 6) is -0.931. The Hall–Kier alpha value is -1.62. The van der Waals surface area contributed by atoms with Gasteiger partial charge < -0.3 is 15.7 Å². The van der Waals surface area contributed by atoms with Gasteiger partial charge in [0.25, 0.3) is 0 Å². The molecule has 0 aromatic carbocycles. The third kappa shape index (κ3) is 1.78. The van der Waals surface area contributed by atoms with Crippen molar-refractivity contribution in [2.24, 2.45) is 5.73 Å². The maximum absolute atomic E-state index is 10.9. The summed E-state index contributed by atoms with van der Waals surface area (Å²) in [4.78, 5) is 16.8. The van der Waals surface area contributed by atoms with Gasteiger partial charge in [0.1, 0.15) is 5.54 Å². The highest BCUT2D eigenvalue weighted by molar-refractivity contribution is 5.80. The van der Waals surface area contributed by atoms with Crippen molar-refractivity contribution in [2.45, 2.75) is 12.0 Å². The summed E-state index contributed by atoms with van der Waals surface area (Å²) in [7, 11) is 0. The van der Waals surface area contributed by atoms with Crippen molar-refractivity contribution in [3.8, 4) is 0 Å². The molecule has 0 saturated carbocycles. The van der Waals surface area contributed by atoms with Crippen LogP contribution in [-0.4, -0.2) is 34.7 Å². The molecule has 5 heteroatoms. The molecule has 3 N–H and O–H groups in total. The van der Waals surface area contributed by atoms with Crippen LogP contribution >= 0.6 is 0 Å². The van der Waals surface area contributed by atoms with Crippen LogP contribution in [0, 0.1) is 0 Å². The van der Waals surface area contributed by atoms with Crippen LogP contribution in [0.2, 0.25) is 0 Å². The van der Waals surface area contributed by atoms with E-state index in [0.717, 1.165) is 5.69 Å². The molecule has 1 fully saturated rings. The van der Waals surface area contributed by atoms with Crippen LogP contribution in [0.25, 0.3) is 0 Å². The summed E-state index contributed by atoms with van der Waals surface area (Å²) < 4.78 is 0. The Bertz CT molecular complexity index is 368. The first kappa shape index (κ1) is 9.92. The van der Waals surface area contributed by atoms with E-state index in [1.54, 1.807) is 12.4 Å². The van der Waals surface area contributed by atoms with Crippen molar-refractivity contribution in [1.29, 1.82) is 0 Å². The molecular weight excluding hydrogens is 194 g/mol. The smallest absolute Gasteiger partial charge is 0.325 e. The SMILES string of the molecule is NC1(C(=O)O)CCN(c2ccncc2)C1. The van der Waals surface area contributed by atoms with Gasteiger partial charge in [-0.2, -0.15) is 0 Å². The molecule has 2 heterocycles. The quantitative estimate of drug-likeness (QED) is 0.717. The van der Waals surface area contributed by atoms with E-state index in [-0.39, 0.29) is 0 Å². The number of hydrogen-bond donors (Lipinski definition) is 2. The van der Waals surface area contributed by atoms with Gasteiger partial charge in [-0.25, -0.2) is 0 Å². The summed E-state index contributed by atoms with van der Waals surface area (Å²) in [6.07, 6.45) is 3.85. The molecule has 1 unspecified atom stereocenters. The fourth-order valence-electron chi connectivity index (χ4n) is 1.78. The lowest BCUT2D eigenvalue weighted by Crippen LogP contribution is -2.50. The van der Waals surface area contributed by atoms with E-state index >= 15 is 0 Å². The minimum atomic E-state index is -1.11. The molecule has 0 radical (unpaired) electrons. The number of carbonyl (C=O) groups is 1. The van der Waals surface area contributed by atoms with Crippen LogP contribution in [0.15, 0.2) is 24.5 Å². The average molecular weight is 207 g/mol. The highest BCUT2D eigenvalue weighted by Gasteiger charge is 2.41. The average Bonchev–Trinajstić information content (AvgIpc) is 2.64. The van der Waals surface area contributed by atoms with Crippen LogP contribution in [-0.2, 0) is 4.79 Å². The fourth-order valence-corrected chi connectivity index (χ4v) is 1.78. The first-order valence-electron chi connectivity index (χ1n) is 4.79. The van der Waals surface area contributed by atoms with Crippen LogP contribution in [0.3, 0.4) is 0 Å². The van der Waals surface area contributed by atoms with Crippen molar-refractivity contribution in [3.05, 3.63) is 24.5 Å². The second-order valence-electron chi connectivity index (χ2n) is 3.84. The molecule has 0 spiro atoms. The summed E-state index contributed by atoms with van der Waals surface area (Å²) in [5.41, 5.74) is 5.64. The number of nitrogens with two attached hydrogens (primary N) is 1. The van der Waals surface area contributed by atoms with Crippen molar-refractivity contribution in [2.75, 3.05) is 18.0 Å². The minimum Gasteiger partial charge on any atom is -0.480 e. The number of anilines is 1. The fraction of sp³-hybridized carbons (Fsp3) is 0.400. The van der Waals surface area contributed by atoms with E-state index in [4.69, 9.17) is 10.8 Å². The Kier molecular flexibility index (Phi) is 2.32. The zero-order valence-electron chi connectivity index (χ0n) is 8.26. The second kappa shape index (κ2) is 3.51. The Morgan fingerprint density at radius 3 is 2.73 bits per heavy atom. The number of nitrogens with zero attached hydrogens (tertiary/aromatic N) is 2. The van der Waals surface area contributed by atoms with E-state index in [1.807, 2.05) is 17.0 Å². The number of carboxylic acids is 1. The first-order chi connectivity index (χ1) is 7.12. The molecule has 1 aromatic heterocycles. The minimum absolute atomic E-state index is 0.354. The summed E-state index contributed by atoms with van der Waals surface area (Å²) in [5, 5.41) is 8.97. The second-order valence-corrected chi connectivity index (χ2v) is 3.84. The van der Waals surface area contributed by atoms with Crippen molar-refractivity contribution in [3.63, 3.8) is 0 Å². The van der Waals surface area contributed by atoms with E-state index < -0.39 is 11.5 Å². The lowest BCUT2D eigenvalue weighted by molar-refractivity contribution is -0.142. The van der Waals surface area contributed by atoms with Gasteiger partial charge in [-0.1, -0.05) is 0 Å². The van der Waals surface area contributed by atoms with Gasteiger partial charge in [0.2, 0.25) is 0 Å². The summed E-state index contributed by atoms with van der Waals surface area (Å²) >= 11 is 0. The molecular formula is C10H13N3O2. The van der Waals surface area contributed by atoms with Gasteiger partial charge in [-0.05, 0) is 18.6 Å². The number of aliphatic carboxylic acids is 1. The third-order valence-electron chi connectivity index (χ3n) is 2.75. The monoisotopic (exact) mass is 207 g/mol. The zero-order valence-corrected chi connectivity index (χ0v) is 8.26. The van der Waals surface area contributed by atoms with Gasteiger partial charge in [0.15, 0.2) is 0 Å².